The van der Waals surface area contributed by atoms with Crippen molar-refractivity contribution >= 4 is 27.5 Å². The van der Waals surface area contributed by atoms with Gasteiger partial charge >= 0.3 is 12.1 Å². The molecule has 10 nitrogen and oxygen atoms in total. The number of carbonyl (C=O) groups is 3. The molecule has 2 aliphatic heterocycles. The van der Waals surface area contributed by atoms with E-state index in [1.54, 1.807) is 18.0 Å². The summed E-state index contributed by atoms with van der Waals surface area (Å²) < 4.78 is 55.1. The number of morpholine rings is 1. The van der Waals surface area contributed by atoms with Crippen LogP contribution in [0.4, 0.5) is 13.2 Å². The first-order valence-corrected chi connectivity index (χ1v) is 12.7. The summed E-state index contributed by atoms with van der Waals surface area (Å²) >= 11 is 0. The predicted molar refractivity (Wildman–Crippen MR) is 113 cm³/mol. The molecule has 0 saturated carbocycles. The van der Waals surface area contributed by atoms with Crippen LogP contribution in [-0.4, -0.2) is 85.2 Å². The van der Waals surface area contributed by atoms with E-state index in [4.69, 9.17) is 14.6 Å². The number of ether oxygens (including phenoxy) is 1. The van der Waals surface area contributed by atoms with Crippen LogP contribution >= 0.6 is 0 Å². The van der Waals surface area contributed by atoms with Crippen molar-refractivity contribution in [3.63, 3.8) is 0 Å². The lowest BCUT2D eigenvalue weighted by Gasteiger charge is -2.45. The summed E-state index contributed by atoms with van der Waals surface area (Å²) in [6.45, 7) is 3.20. The van der Waals surface area contributed by atoms with Gasteiger partial charge in [0.05, 0.1) is 39.7 Å². The van der Waals surface area contributed by atoms with Crippen molar-refractivity contribution in [1.29, 1.82) is 0 Å². The minimum absolute atomic E-state index is 0.0384. The first-order valence-electron chi connectivity index (χ1n) is 10.8. The SMILES string of the molecule is CC(=O)N1CCOC2(CCS(=O)(=NC(=O)C3CCCc4cn[nH]c43)CC2)C1.O=C(O)C(F)(F)F. The number of fused-ring (bicyclic) bond motifs is 1. The number of rotatable bonds is 1. The number of alkyl halides is 3. The van der Waals surface area contributed by atoms with Gasteiger partial charge in [0.25, 0.3) is 5.91 Å². The molecule has 34 heavy (non-hydrogen) atoms. The Morgan fingerprint density at radius 2 is 1.97 bits per heavy atom. The molecule has 1 spiro atoms. The molecule has 1 aliphatic carbocycles. The van der Waals surface area contributed by atoms with Crippen molar-refractivity contribution in [3.05, 3.63) is 17.5 Å². The van der Waals surface area contributed by atoms with E-state index >= 15 is 0 Å². The van der Waals surface area contributed by atoms with Gasteiger partial charge in [-0.15, -0.1) is 0 Å². The van der Waals surface area contributed by atoms with Crippen LogP contribution in [0.3, 0.4) is 0 Å². The average Bonchev–Trinajstić information content (AvgIpc) is 3.25. The van der Waals surface area contributed by atoms with Crippen LogP contribution in [0.25, 0.3) is 0 Å². The Labute approximate surface area is 194 Å². The standard InChI is InChI=1S/C18H26N4O4S.C2HF3O2/c1-13(23)22-7-8-26-18(12-22)5-9-27(25,10-6-18)21-17(24)15-4-2-3-14-11-19-20-16(14)15;3-2(4,5)1(6)7/h11,15H,2-10,12H2,1H3,(H,19,20);(H,6,7). The Bertz CT molecular complexity index is 1050. The molecule has 2 saturated heterocycles. The molecular formula is C20H27F3N4O6S. The summed E-state index contributed by atoms with van der Waals surface area (Å²) in [4.78, 5) is 35.1. The van der Waals surface area contributed by atoms with Crippen LogP contribution in [-0.2, 0) is 35.3 Å². The highest BCUT2D eigenvalue weighted by molar-refractivity contribution is 7.93. The Hall–Kier alpha value is -2.48. The minimum Gasteiger partial charge on any atom is -0.475 e. The van der Waals surface area contributed by atoms with Gasteiger partial charge in [-0.05, 0) is 37.7 Å². The molecule has 1 aromatic rings. The van der Waals surface area contributed by atoms with E-state index in [1.165, 1.54) is 0 Å². The van der Waals surface area contributed by atoms with E-state index in [9.17, 15) is 27.0 Å². The molecule has 3 aliphatic rings. The second kappa shape index (κ2) is 10.0. The molecule has 0 radical (unpaired) electrons. The van der Waals surface area contributed by atoms with E-state index in [1.807, 2.05) is 0 Å². The third-order valence-electron chi connectivity index (χ3n) is 6.28. The number of halogens is 3. The van der Waals surface area contributed by atoms with E-state index in [0.29, 0.717) is 50.5 Å². The van der Waals surface area contributed by atoms with Gasteiger partial charge in [0.15, 0.2) is 0 Å². The van der Waals surface area contributed by atoms with Crippen molar-refractivity contribution < 1.29 is 41.6 Å². The zero-order valence-corrected chi connectivity index (χ0v) is 19.4. The molecule has 2 N–H and O–H groups in total. The minimum atomic E-state index is -5.08. The quantitative estimate of drug-likeness (QED) is 0.590. The normalized spacial score (nSPS) is 28.9. The maximum Gasteiger partial charge on any atom is 0.490 e. The number of carboxylic acids is 1. The van der Waals surface area contributed by atoms with Gasteiger partial charge in [0.1, 0.15) is 0 Å². The van der Waals surface area contributed by atoms with E-state index in [-0.39, 0.29) is 17.7 Å². The Kier molecular flexibility index (Phi) is 7.70. The Morgan fingerprint density at radius 3 is 2.56 bits per heavy atom. The van der Waals surface area contributed by atoms with Crippen molar-refractivity contribution in [2.45, 2.75) is 56.7 Å². The second-order valence-corrected chi connectivity index (χ2v) is 11.2. The number of aryl methyl sites for hydroxylation is 1. The lowest BCUT2D eigenvalue weighted by Crippen LogP contribution is -2.56. The van der Waals surface area contributed by atoms with Crippen molar-refractivity contribution in [2.75, 3.05) is 31.2 Å². The monoisotopic (exact) mass is 508 g/mol. The number of aliphatic carboxylic acids is 1. The van der Waals surface area contributed by atoms with E-state index in [2.05, 4.69) is 14.6 Å². The number of carboxylic acid groups (broad SMARTS) is 1. The third-order valence-corrected chi connectivity index (χ3v) is 8.48. The molecule has 190 valence electrons. The lowest BCUT2D eigenvalue weighted by molar-refractivity contribution is -0.192. The maximum absolute atomic E-state index is 13.2. The van der Waals surface area contributed by atoms with Gasteiger partial charge in [0.2, 0.25) is 5.91 Å². The third kappa shape index (κ3) is 6.14. The summed E-state index contributed by atoms with van der Waals surface area (Å²) in [5.74, 6) is -2.69. The fourth-order valence-corrected chi connectivity index (χ4v) is 6.59. The van der Waals surface area contributed by atoms with Crippen LogP contribution in [0.2, 0.25) is 0 Å². The molecule has 2 amide bonds. The number of carbonyl (C=O) groups excluding carboxylic acids is 2. The number of hydrogen-bond acceptors (Lipinski definition) is 6. The number of amides is 2. The lowest BCUT2D eigenvalue weighted by atomic mass is 9.88. The number of nitrogens with zero attached hydrogens (tertiary/aromatic N) is 3. The van der Waals surface area contributed by atoms with Gasteiger partial charge in [-0.3, -0.25) is 14.7 Å². The first-order chi connectivity index (χ1) is 15.8. The van der Waals surface area contributed by atoms with Gasteiger partial charge < -0.3 is 14.7 Å². The van der Waals surface area contributed by atoms with Crippen LogP contribution < -0.4 is 0 Å². The van der Waals surface area contributed by atoms with Crippen LogP contribution in [0.5, 0.6) is 0 Å². The molecule has 2 fully saturated rings. The summed E-state index contributed by atoms with van der Waals surface area (Å²) in [5.41, 5.74) is 1.45. The molecule has 14 heteroatoms. The highest BCUT2D eigenvalue weighted by atomic mass is 32.2. The number of hydrogen-bond donors (Lipinski definition) is 2. The fraction of sp³-hybridized carbons (Fsp3) is 0.700. The van der Waals surface area contributed by atoms with E-state index in [0.717, 1.165) is 24.1 Å². The topological polar surface area (TPSA) is 142 Å². The predicted octanol–water partition coefficient (Wildman–Crippen LogP) is 1.87. The van der Waals surface area contributed by atoms with Crippen LogP contribution in [0.1, 0.15) is 49.8 Å². The number of H-pyrrole nitrogens is 1. The van der Waals surface area contributed by atoms with Gasteiger partial charge in [0, 0.05) is 31.5 Å². The summed E-state index contributed by atoms with van der Waals surface area (Å²) in [6, 6.07) is 0. The molecule has 0 aromatic carbocycles. The smallest absolute Gasteiger partial charge is 0.475 e. The zero-order valence-electron chi connectivity index (χ0n) is 18.6. The van der Waals surface area contributed by atoms with Crippen LogP contribution in [0.15, 0.2) is 10.6 Å². The molecule has 3 heterocycles. The van der Waals surface area contributed by atoms with Gasteiger partial charge in [-0.25, -0.2) is 9.00 Å². The van der Waals surface area contributed by atoms with Gasteiger partial charge in [-0.1, -0.05) is 0 Å². The van der Waals surface area contributed by atoms with Gasteiger partial charge in [-0.2, -0.15) is 22.6 Å². The molecule has 1 atom stereocenters. The van der Waals surface area contributed by atoms with Crippen LogP contribution in [0, 0.1) is 0 Å². The van der Waals surface area contributed by atoms with Crippen molar-refractivity contribution in [1.82, 2.24) is 15.1 Å². The average molecular weight is 509 g/mol. The largest absolute Gasteiger partial charge is 0.490 e. The molecule has 0 bridgehead atoms. The summed E-state index contributed by atoms with van der Waals surface area (Å²) in [6.07, 6.45) is 0.349. The number of nitrogens with one attached hydrogen (secondary N) is 1. The fourth-order valence-electron chi connectivity index (χ4n) is 4.36. The highest BCUT2D eigenvalue weighted by Crippen LogP contribution is 2.34. The molecular weight excluding hydrogens is 481 g/mol. The second-order valence-electron chi connectivity index (χ2n) is 8.64. The Balaban J connectivity index is 0.000000406. The highest BCUT2D eigenvalue weighted by Gasteiger charge is 2.42. The number of aromatic nitrogens is 2. The summed E-state index contributed by atoms with van der Waals surface area (Å²) in [5, 5.41) is 14.1. The van der Waals surface area contributed by atoms with Crippen molar-refractivity contribution in [2.24, 2.45) is 4.36 Å². The summed E-state index contributed by atoms with van der Waals surface area (Å²) in [7, 11) is -2.58. The maximum atomic E-state index is 13.2. The first kappa shape index (κ1) is 26.1. The zero-order chi connectivity index (χ0) is 25.1. The van der Waals surface area contributed by atoms with Crippen molar-refractivity contribution in [3.8, 4) is 0 Å². The number of aromatic amines is 1. The Morgan fingerprint density at radius 1 is 1.32 bits per heavy atom. The molecule has 1 unspecified atom stereocenters. The van der Waals surface area contributed by atoms with E-state index < -0.39 is 27.5 Å². The molecule has 1 aromatic heterocycles. The molecule has 4 rings (SSSR count).